The highest BCUT2D eigenvalue weighted by Crippen LogP contribution is 2.28. The molecule has 2 aromatic carbocycles. The van der Waals surface area contributed by atoms with E-state index in [4.69, 9.17) is 0 Å². The lowest BCUT2D eigenvalue weighted by Crippen LogP contribution is -2.27. The molecule has 0 radical (unpaired) electrons. The zero-order valence-corrected chi connectivity index (χ0v) is 16.9. The minimum absolute atomic E-state index is 0.191. The number of hydrogen-bond donors (Lipinski definition) is 2. The summed E-state index contributed by atoms with van der Waals surface area (Å²) in [4.78, 5) is 17.0. The van der Waals surface area contributed by atoms with E-state index in [0.717, 1.165) is 5.56 Å². The van der Waals surface area contributed by atoms with Crippen molar-refractivity contribution in [2.75, 3.05) is 11.9 Å². The molecule has 0 bridgehead atoms. The molecular weight excluding hydrogens is 382 g/mol. The summed E-state index contributed by atoms with van der Waals surface area (Å²) in [5.41, 5.74) is 2.10. The summed E-state index contributed by atoms with van der Waals surface area (Å²) in [5.74, 6) is -0.0197. The Labute approximate surface area is 162 Å². The molecule has 0 atom stereocenters. The Morgan fingerprint density at radius 2 is 1.93 bits per heavy atom. The predicted molar refractivity (Wildman–Crippen MR) is 109 cm³/mol. The van der Waals surface area contributed by atoms with E-state index < -0.39 is 10.0 Å². The van der Waals surface area contributed by atoms with Gasteiger partial charge >= 0.3 is 0 Å². The highest BCUT2D eigenvalue weighted by atomic mass is 32.2. The van der Waals surface area contributed by atoms with E-state index in [1.54, 1.807) is 18.2 Å². The highest BCUT2D eigenvalue weighted by Gasteiger charge is 2.17. The second-order valence-corrected chi connectivity index (χ2v) is 9.46. The molecule has 0 aliphatic rings. The van der Waals surface area contributed by atoms with Gasteiger partial charge < -0.3 is 0 Å². The van der Waals surface area contributed by atoms with Crippen LogP contribution in [-0.2, 0) is 10.0 Å². The second kappa shape index (κ2) is 7.75. The number of anilines is 1. The van der Waals surface area contributed by atoms with Crippen LogP contribution in [0.2, 0.25) is 0 Å². The number of aryl methyl sites for hydroxylation is 1. The standard InChI is InChI=1S/C19H21N3O3S2/c1-12(2)11-20-27(24,25)14-8-9-16-17(10-14)26-19(21-16)22-18(23)15-7-5-4-6-13(15)3/h4-10,12,20H,11H2,1-3H3,(H,21,22,23). The molecule has 1 aromatic heterocycles. The van der Waals surface area contributed by atoms with Crippen molar-refractivity contribution in [3.8, 4) is 0 Å². The summed E-state index contributed by atoms with van der Waals surface area (Å²) in [6.07, 6.45) is 0. The number of carbonyl (C=O) groups is 1. The molecule has 27 heavy (non-hydrogen) atoms. The predicted octanol–water partition coefficient (Wildman–Crippen LogP) is 3.79. The van der Waals surface area contributed by atoms with Crippen LogP contribution in [0.25, 0.3) is 10.2 Å². The molecule has 0 saturated carbocycles. The lowest BCUT2D eigenvalue weighted by molar-refractivity contribution is 0.102. The Morgan fingerprint density at radius 3 is 2.63 bits per heavy atom. The number of hydrogen-bond acceptors (Lipinski definition) is 5. The molecule has 8 heteroatoms. The van der Waals surface area contributed by atoms with Crippen LogP contribution in [0.4, 0.5) is 5.13 Å². The van der Waals surface area contributed by atoms with Crippen molar-refractivity contribution in [1.29, 1.82) is 0 Å². The topological polar surface area (TPSA) is 88.2 Å². The van der Waals surface area contributed by atoms with Crippen molar-refractivity contribution in [2.45, 2.75) is 25.7 Å². The average Bonchev–Trinajstić information content (AvgIpc) is 3.01. The summed E-state index contributed by atoms with van der Waals surface area (Å²) in [6.45, 7) is 6.13. The zero-order valence-electron chi connectivity index (χ0n) is 15.3. The van der Waals surface area contributed by atoms with Gasteiger partial charge in [-0.2, -0.15) is 0 Å². The molecule has 0 spiro atoms. The molecule has 0 unspecified atom stereocenters. The first-order valence-corrected chi connectivity index (χ1v) is 10.8. The summed E-state index contributed by atoms with van der Waals surface area (Å²) in [6, 6.07) is 12.1. The molecule has 142 valence electrons. The van der Waals surface area contributed by atoms with E-state index >= 15 is 0 Å². The third-order valence-electron chi connectivity index (χ3n) is 3.96. The Kier molecular flexibility index (Phi) is 5.59. The van der Waals surface area contributed by atoms with Crippen molar-refractivity contribution in [3.63, 3.8) is 0 Å². The molecule has 0 fully saturated rings. The largest absolute Gasteiger partial charge is 0.298 e. The summed E-state index contributed by atoms with van der Waals surface area (Å²) in [7, 11) is -3.57. The molecule has 3 aromatic rings. The Morgan fingerprint density at radius 1 is 1.19 bits per heavy atom. The number of carbonyl (C=O) groups excluding carboxylic acids is 1. The number of amides is 1. The first kappa shape index (κ1) is 19.5. The minimum atomic E-state index is -3.57. The number of rotatable bonds is 6. The zero-order chi connectivity index (χ0) is 19.6. The Balaban J connectivity index is 1.84. The van der Waals surface area contributed by atoms with Gasteiger partial charge in [-0.15, -0.1) is 0 Å². The van der Waals surface area contributed by atoms with E-state index in [-0.39, 0.29) is 16.7 Å². The summed E-state index contributed by atoms with van der Waals surface area (Å²) < 4.78 is 28.1. The van der Waals surface area contributed by atoms with Gasteiger partial charge in [0.25, 0.3) is 5.91 Å². The molecule has 0 saturated heterocycles. The maximum absolute atomic E-state index is 12.4. The third-order valence-corrected chi connectivity index (χ3v) is 6.32. The van der Waals surface area contributed by atoms with Gasteiger partial charge in [0.05, 0.1) is 15.1 Å². The number of thiazole rings is 1. The van der Waals surface area contributed by atoms with Crippen LogP contribution in [0.5, 0.6) is 0 Å². The molecule has 6 nitrogen and oxygen atoms in total. The van der Waals surface area contributed by atoms with Crippen molar-refractivity contribution in [1.82, 2.24) is 9.71 Å². The normalized spacial score (nSPS) is 11.9. The van der Waals surface area contributed by atoms with Gasteiger partial charge in [-0.1, -0.05) is 43.4 Å². The first-order valence-electron chi connectivity index (χ1n) is 8.53. The number of aromatic nitrogens is 1. The van der Waals surface area contributed by atoms with Gasteiger partial charge in [0.1, 0.15) is 0 Å². The lowest BCUT2D eigenvalue weighted by atomic mass is 10.1. The van der Waals surface area contributed by atoms with Crippen LogP contribution >= 0.6 is 11.3 Å². The Bertz CT molecular complexity index is 1090. The lowest BCUT2D eigenvalue weighted by Gasteiger charge is -2.08. The van der Waals surface area contributed by atoms with Crippen LogP contribution in [0.15, 0.2) is 47.4 Å². The number of sulfonamides is 1. The highest BCUT2D eigenvalue weighted by molar-refractivity contribution is 7.89. The number of nitrogens with one attached hydrogen (secondary N) is 2. The first-order chi connectivity index (χ1) is 12.8. The third kappa shape index (κ3) is 4.52. The van der Waals surface area contributed by atoms with E-state index in [1.807, 2.05) is 39.0 Å². The van der Waals surface area contributed by atoms with E-state index in [9.17, 15) is 13.2 Å². The molecular formula is C19H21N3O3S2. The van der Waals surface area contributed by atoms with Crippen LogP contribution in [0.3, 0.4) is 0 Å². The fourth-order valence-corrected chi connectivity index (χ4v) is 4.69. The SMILES string of the molecule is Cc1ccccc1C(=O)Nc1nc2ccc(S(=O)(=O)NCC(C)C)cc2s1. The fourth-order valence-electron chi connectivity index (χ4n) is 2.48. The Hall–Kier alpha value is -2.29. The summed E-state index contributed by atoms with van der Waals surface area (Å²) in [5, 5.41) is 3.22. The van der Waals surface area contributed by atoms with E-state index in [1.165, 1.54) is 17.4 Å². The van der Waals surface area contributed by atoms with E-state index in [2.05, 4.69) is 15.0 Å². The van der Waals surface area contributed by atoms with Crippen LogP contribution in [0.1, 0.15) is 29.8 Å². The number of nitrogens with zero attached hydrogens (tertiary/aromatic N) is 1. The van der Waals surface area contributed by atoms with Gasteiger partial charge in [-0.25, -0.2) is 18.1 Å². The van der Waals surface area contributed by atoms with Crippen molar-refractivity contribution >= 4 is 42.6 Å². The quantitative estimate of drug-likeness (QED) is 0.655. The fraction of sp³-hybridized carbons (Fsp3) is 0.263. The molecule has 0 aliphatic carbocycles. The van der Waals surface area contributed by atoms with Crippen LogP contribution in [-0.4, -0.2) is 25.9 Å². The summed E-state index contributed by atoms with van der Waals surface area (Å²) >= 11 is 1.25. The van der Waals surface area contributed by atoms with Crippen LogP contribution < -0.4 is 10.0 Å². The number of benzene rings is 2. The van der Waals surface area contributed by atoms with Gasteiger partial charge in [0.2, 0.25) is 10.0 Å². The van der Waals surface area contributed by atoms with Crippen LogP contribution in [0, 0.1) is 12.8 Å². The van der Waals surface area contributed by atoms with Gasteiger partial charge in [0.15, 0.2) is 5.13 Å². The smallest absolute Gasteiger partial charge is 0.257 e. The van der Waals surface area contributed by atoms with Crippen molar-refractivity contribution in [3.05, 3.63) is 53.6 Å². The minimum Gasteiger partial charge on any atom is -0.298 e. The van der Waals surface area contributed by atoms with Crippen molar-refractivity contribution < 1.29 is 13.2 Å². The molecule has 3 rings (SSSR count). The molecule has 1 heterocycles. The monoisotopic (exact) mass is 403 g/mol. The maximum Gasteiger partial charge on any atom is 0.257 e. The maximum atomic E-state index is 12.4. The van der Waals surface area contributed by atoms with E-state index in [0.29, 0.717) is 27.5 Å². The second-order valence-electron chi connectivity index (χ2n) is 6.66. The molecule has 1 amide bonds. The van der Waals surface area contributed by atoms with Crippen molar-refractivity contribution in [2.24, 2.45) is 5.92 Å². The van der Waals surface area contributed by atoms with Gasteiger partial charge in [0, 0.05) is 12.1 Å². The van der Waals surface area contributed by atoms with Gasteiger partial charge in [-0.05, 0) is 42.7 Å². The number of fused-ring (bicyclic) bond motifs is 1. The molecule has 0 aliphatic heterocycles. The van der Waals surface area contributed by atoms with Gasteiger partial charge in [-0.3, -0.25) is 10.1 Å². The average molecular weight is 404 g/mol. The molecule has 2 N–H and O–H groups in total.